The molecule has 4 aromatic rings. The molecule has 0 radical (unpaired) electrons. The van der Waals surface area contributed by atoms with Crippen LogP contribution in [0, 0.1) is 5.92 Å². The van der Waals surface area contributed by atoms with E-state index < -0.39 is 0 Å². The van der Waals surface area contributed by atoms with E-state index in [9.17, 15) is 9.59 Å². The number of anilines is 1. The van der Waals surface area contributed by atoms with Crippen LogP contribution in [-0.2, 0) is 11.3 Å². The minimum Gasteiger partial charge on any atom is -0.341 e. The van der Waals surface area contributed by atoms with Crippen LogP contribution < -0.4 is 15.5 Å². The second-order valence-corrected chi connectivity index (χ2v) is 11.3. The third-order valence-electron chi connectivity index (χ3n) is 6.83. The van der Waals surface area contributed by atoms with E-state index in [4.69, 9.17) is 4.98 Å². The number of rotatable bonds is 7. The highest BCUT2D eigenvalue weighted by Gasteiger charge is 2.25. The molecule has 10 heteroatoms. The second kappa shape index (κ2) is 11.0. The van der Waals surface area contributed by atoms with Crippen LogP contribution in [0.3, 0.4) is 0 Å². The number of hydrogen-bond acceptors (Lipinski definition) is 9. The first kappa shape index (κ1) is 24.7. The van der Waals surface area contributed by atoms with Crippen molar-refractivity contribution in [3.8, 4) is 11.3 Å². The fraction of sp³-hybridized carbons (Fsp3) is 0.250. The summed E-state index contributed by atoms with van der Waals surface area (Å²) >= 11 is 2.65. The fourth-order valence-electron chi connectivity index (χ4n) is 4.77. The van der Waals surface area contributed by atoms with Gasteiger partial charge in [-0.1, -0.05) is 24.3 Å². The molecule has 8 nitrogen and oxygen atoms in total. The van der Waals surface area contributed by atoms with Gasteiger partial charge < -0.3 is 10.2 Å². The van der Waals surface area contributed by atoms with Gasteiger partial charge in [0, 0.05) is 53.1 Å². The molecular weight excluding hydrogens is 516 g/mol. The quantitative estimate of drug-likeness (QED) is 0.312. The monoisotopic (exact) mass is 542 g/mol. The van der Waals surface area contributed by atoms with E-state index in [1.807, 2.05) is 6.20 Å². The molecule has 2 saturated heterocycles. The number of imide groups is 1. The molecule has 2 N–H and O–H groups in total. The Labute approximate surface area is 228 Å². The third-order valence-corrected chi connectivity index (χ3v) is 8.60. The number of nitrogens with zero attached hydrogens (tertiary/aromatic N) is 4. The van der Waals surface area contributed by atoms with Crippen molar-refractivity contribution >= 4 is 56.4 Å². The first-order valence-electron chi connectivity index (χ1n) is 12.6. The number of nitrogens with one attached hydrogen (secondary N) is 2. The van der Waals surface area contributed by atoms with Crippen LogP contribution in [0.4, 0.5) is 10.7 Å². The predicted octanol–water partition coefficient (Wildman–Crippen LogP) is 5.08. The summed E-state index contributed by atoms with van der Waals surface area (Å²) in [7, 11) is 0. The van der Waals surface area contributed by atoms with Crippen molar-refractivity contribution in [2.45, 2.75) is 19.4 Å². The Morgan fingerprint density at radius 1 is 1.08 bits per heavy atom. The van der Waals surface area contributed by atoms with Crippen LogP contribution in [0.2, 0.25) is 0 Å². The maximum atomic E-state index is 11.8. The van der Waals surface area contributed by atoms with Gasteiger partial charge in [0.05, 0.1) is 16.3 Å². The van der Waals surface area contributed by atoms with Crippen molar-refractivity contribution in [2.24, 2.45) is 5.92 Å². The van der Waals surface area contributed by atoms with Gasteiger partial charge in [-0.2, -0.15) is 0 Å². The Morgan fingerprint density at radius 2 is 1.95 bits per heavy atom. The van der Waals surface area contributed by atoms with Crippen molar-refractivity contribution in [3.63, 3.8) is 0 Å². The van der Waals surface area contributed by atoms with Crippen molar-refractivity contribution in [1.82, 2.24) is 25.6 Å². The Morgan fingerprint density at radius 3 is 2.74 bits per heavy atom. The number of thiophene rings is 1. The molecule has 0 atom stereocenters. The average molecular weight is 543 g/mol. The number of hydrogen-bond donors (Lipinski definition) is 2. The highest BCUT2D eigenvalue weighted by Crippen LogP contribution is 2.32. The molecule has 0 spiro atoms. The van der Waals surface area contributed by atoms with Crippen LogP contribution >= 0.6 is 23.1 Å². The van der Waals surface area contributed by atoms with E-state index in [-0.39, 0.29) is 11.1 Å². The summed E-state index contributed by atoms with van der Waals surface area (Å²) in [6.45, 7) is 3.51. The van der Waals surface area contributed by atoms with Gasteiger partial charge in [0.2, 0.25) is 5.95 Å². The van der Waals surface area contributed by atoms with E-state index in [1.54, 1.807) is 29.7 Å². The van der Waals surface area contributed by atoms with Gasteiger partial charge in [-0.3, -0.25) is 19.9 Å². The Balaban J connectivity index is 0.987. The minimum absolute atomic E-state index is 0.355. The number of pyridine rings is 1. The molecule has 5 heterocycles. The highest BCUT2D eigenvalue weighted by atomic mass is 32.2. The predicted molar refractivity (Wildman–Crippen MR) is 153 cm³/mol. The Kier molecular flexibility index (Phi) is 7.17. The zero-order valence-electron chi connectivity index (χ0n) is 20.6. The first-order valence-corrected chi connectivity index (χ1v) is 14.3. The first-order chi connectivity index (χ1) is 18.6. The molecule has 192 valence electrons. The van der Waals surface area contributed by atoms with Crippen LogP contribution in [0.15, 0.2) is 65.1 Å². The van der Waals surface area contributed by atoms with Gasteiger partial charge in [-0.25, -0.2) is 9.97 Å². The summed E-state index contributed by atoms with van der Waals surface area (Å²) in [5.74, 6) is 0.867. The lowest BCUT2D eigenvalue weighted by atomic mass is 9.97. The molecule has 3 aromatic heterocycles. The summed E-state index contributed by atoms with van der Waals surface area (Å²) in [4.78, 5) is 39.5. The SMILES string of the molecule is O=C1NC(=O)C(=Cc2ccnc(N3CCC(CNCc4ccc(-c5csc6ccccc56)nc4)CC3)n2)S1. The van der Waals surface area contributed by atoms with Crippen LogP contribution in [0.1, 0.15) is 24.1 Å². The van der Waals surface area contributed by atoms with Crippen molar-refractivity contribution < 1.29 is 9.59 Å². The third kappa shape index (κ3) is 5.47. The Hall–Kier alpha value is -3.60. The molecule has 0 saturated carbocycles. The smallest absolute Gasteiger partial charge is 0.290 e. The van der Waals surface area contributed by atoms with Crippen molar-refractivity contribution in [1.29, 1.82) is 0 Å². The largest absolute Gasteiger partial charge is 0.341 e. The number of amides is 2. The molecule has 2 aliphatic heterocycles. The molecule has 0 unspecified atom stereocenters. The molecule has 2 amide bonds. The van der Waals surface area contributed by atoms with Gasteiger partial charge in [-0.05, 0) is 66.9 Å². The summed E-state index contributed by atoms with van der Waals surface area (Å²) in [6, 6.07) is 14.5. The van der Waals surface area contributed by atoms with Gasteiger partial charge in [0.15, 0.2) is 0 Å². The number of fused-ring (bicyclic) bond motifs is 1. The average Bonchev–Trinajstić information content (AvgIpc) is 3.51. The highest BCUT2D eigenvalue weighted by molar-refractivity contribution is 8.18. The van der Waals surface area contributed by atoms with E-state index in [0.29, 0.717) is 22.5 Å². The molecule has 0 aliphatic carbocycles. The molecular formula is C28H26N6O2S2. The van der Waals surface area contributed by atoms with E-state index in [1.165, 1.54) is 21.2 Å². The van der Waals surface area contributed by atoms with Crippen LogP contribution in [-0.4, -0.2) is 45.7 Å². The number of benzene rings is 1. The number of carbonyl (C=O) groups is 2. The number of aromatic nitrogens is 3. The fourth-order valence-corrected chi connectivity index (χ4v) is 6.39. The topological polar surface area (TPSA) is 100 Å². The zero-order chi connectivity index (χ0) is 25.9. The summed E-state index contributed by atoms with van der Waals surface area (Å²) in [5, 5.41) is 8.96. The number of thioether (sulfide) groups is 1. The lowest BCUT2D eigenvalue weighted by molar-refractivity contribution is -0.115. The molecule has 2 fully saturated rings. The van der Waals surface area contributed by atoms with Crippen LogP contribution in [0.5, 0.6) is 0 Å². The summed E-state index contributed by atoms with van der Waals surface area (Å²) < 4.78 is 1.28. The maximum Gasteiger partial charge on any atom is 0.290 e. The van der Waals surface area contributed by atoms with Gasteiger partial charge >= 0.3 is 0 Å². The number of piperidine rings is 1. The van der Waals surface area contributed by atoms with Crippen LogP contribution in [0.25, 0.3) is 27.4 Å². The molecule has 6 rings (SSSR count). The van der Waals surface area contributed by atoms with E-state index in [0.717, 1.165) is 56.5 Å². The lowest BCUT2D eigenvalue weighted by Crippen LogP contribution is -2.38. The standard InChI is InChI=1S/C28H26N6O2S2/c35-26-25(38-28(36)33-26)13-20-7-10-30-27(32-20)34-11-8-18(9-12-34)14-29-15-19-5-6-23(31-16-19)22-17-37-24-4-2-1-3-21(22)24/h1-7,10,13,16-18,29H,8-9,11-12,14-15H2,(H,33,35,36). The minimum atomic E-state index is -0.378. The Bertz CT molecular complexity index is 1510. The zero-order valence-corrected chi connectivity index (χ0v) is 22.2. The second-order valence-electron chi connectivity index (χ2n) is 9.39. The molecule has 0 bridgehead atoms. The number of carbonyl (C=O) groups excluding carboxylic acids is 2. The van der Waals surface area contributed by atoms with Gasteiger partial charge in [0.1, 0.15) is 0 Å². The van der Waals surface area contributed by atoms with E-state index in [2.05, 4.69) is 67.3 Å². The maximum absolute atomic E-state index is 11.8. The van der Waals surface area contributed by atoms with Crippen molar-refractivity contribution in [3.05, 3.63) is 76.4 Å². The van der Waals surface area contributed by atoms with Gasteiger partial charge in [0.25, 0.3) is 11.1 Å². The lowest BCUT2D eigenvalue weighted by Gasteiger charge is -2.32. The normalized spacial score (nSPS) is 17.5. The molecule has 38 heavy (non-hydrogen) atoms. The summed E-state index contributed by atoms with van der Waals surface area (Å²) in [6.07, 6.45) is 7.41. The van der Waals surface area contributed by atoms with E-state index >= 15 is 0 Å². The van der Waals surface area contributed by atoms with Gasteiger partial charge in [-0.15, -0.1) is 11.3 Å². The molecule has 1 aromatic carbocycles. The molecule has 2 aliphatic rings. The van der Waals surface area contributed by atoms with Crippen molar-refractivity contribution in [2.75, 3.05) is 24.5 Å². The summed E-state index contributed by atoms with van der Waals surface area (Å²) in [5.41, 5.74) is 4.01.